The molecule has 0 aliphatic heterocycles. The summed E-state index contributed by atoms with van der Waals surface area (Å²) in [4.78, 5) is 39.3. The molecule has 0 aromatic heterocycles. The van der Waals surface area contributed by atoms with E-state index in [4.69, 9.17) is 20.6 Å². The molecule has 35 heavy (non-hydrogen) atoms. The molecule has 0 aliphatic rings. The number of amides is 1. The summed E-state index contributed by atoms with van der Waals surface area (Å²) in [5.74, 6) is -1.92. The van der Waals surface area contributed by atoms with E-state index in [-0.39, 0.29) is 83.7 Å². The topological polar surface area (TPSA) is 154 Å². The molecular formula is C25H25AcN3O6. The number of nitrogens with two attached hydrogens (primary N) is 1. The van der Waals surface area contributed by atoms with Gasteiger partial charge in [0.05, 0.1) is 12.7 Å². The number of benzene rings is 3. The zero-order valence-electron chi connectivity index (χ0n) is 19.3. The molecule has 3 aromatic carbocycles. The van der Waals surface area contributed by atoms with Crippen LogP contribution in [0.3, 0.4) is 0 Å². The van der Waals surface area contributed by atoms with Crippen molar-refractivity contribution in [1.82, 2.24) is 0 Å². The van der Waals surface area contributed by atoms with Crippen LogP contribution in [0.5, 0.6) is 5.75 Å². The molecule has 0 atom stereocenters. The normalized spacial score (nSPS) is 9.66. The quantitative estimate of drug-likeness (QED) is 0.168. The molecule has 0 unspecified atom stereocenters. The molecule has 3 rings (SSSR count). The summed E-state index contributed by atoms with van der Waals surface area (Å²) in [5, 5.41) is 7.52. The molecule has 3 aromatic rings. The molecule has 0 spiro atoms. The number of hydrogen-bond donors (Lipinski definition) is 2. The molecule has 5 N–H and O–H groups in total. The number of rotatable bonds is 7. The van der Waals surface area contributed by atoms with Crippen LogP contribution in [-0.4, -0.2) is 42.8 Å². The summed E-state index contributed by atoms with van der Waals surface area (Å²) in [6, 6.07) is 19.5. The van der Waals surface area contributed by atoms with Gasteiger partial charge in [0.15, 0.2) is 0 Å². The number of carbonyl (C=O) groups excluding carboxylic acids is 3. The fourth-order valence-electron chi connectivity index (χ4n) is 3.17. The Labute approximate surface area is 238 Å². The Morgan fingerprint density at radius 3 is 2.00 bits per heavy atom. The van der Waals surface area contributed by atoms with E-state index in [1.54, 1.807) is 17.0 Å². The maximum absolute atomic E-state index is 12.9. The molecule has 9 nitrogen and oxygen atoms in total. The summed E-state index contributed by atoms with van der Waals surface area (Å²) in [6.07, 6.45) is 0. The van der Waals surface area contributed by atoms with Gasteiger partial charge >= 0.3 is 11.9 Å². The third-order valence-corrected chi connectivity index (χ3v) is 4.90. The van der Waals surface area contributed by atoms with Crippen LogP contribution in [0.4, 0.5) is 5.69 Å². The predicted octanol–water partition coefficient (Wildman–Crippen LogP) is 2.82. The van der Waals surface area contributed by atoms with E-state index in [2.05, 4.69) is 0 Å². The van der Waals surface area contributed by atoms with E-state index in [1.807, 2.05) is 37.3 Å². The van der Waals surface area contributed by atoms with Gasteiger partial charge in [0.1, 0.15) is 17.1 Å². The van der Waals surface area contributed by atoms with Crippen LogP contribution in [0.2, 0.25) is 0 Å². The van der Waals surface area contributed by atoms with Gasteiger partial charge in [0.2, 0.25) is 0 Å². The summed E-state index contributed by atoms with van der Waals surface area (Å²) in [6.45, 7) is 2.37. The van der Waals surface area contributed by atoms with Crippen molar-refractivity contribution in [3.05, 3.63) is 95.1 Å². The average Bonchev–Trinajstić information content (AvgIpc) is 2.84. The molecule has 179 valence electrons. The van der Waals surface area contributed by atoms with Gasteiger partial charge in [-0.1, -0.05) is 18.2 Å². The largest absolute Gasteiger partial charge is 0.465 e. The summed E-state index contributed by atoms with van der Waals surface area (Å²) < 4.78 is 10.1. The molecule has 0 fully saturated rings. The van der Waals surface area contributed by atoms with Gasteiger partial charge in [-0.25, -0.2) is 9.59 Å². The first-order chi connectivity index (χ1) is 15.8. The second kappa shape index (κ2) is 13.7. The van der Waals surface area contributed by atoms with Crippen molar-refractivity contribution >= 4 is 29.4 Å². The average molecular weight is 690 g/mol. The smallest absolute Gasteiger partial charge is 0.343 e. The first-order valence-electron chi connectivity index (χ1n) is 10.1. The van der Waals surface area contributed by atoms with Crippen LogP contribution in [0.15, 0.2) is 72.8 Å². The molecule has 1 amide bonds. The van der Waals surface area contributed by atoms with E-state index in [9.17, 15) is 14.4 Å². The Kier molecular flexibility index (Phi) is 11.8. The minimum Gasteiger partial charge on any atom is -0.465 e. The molecule has 0 saturated carbocycles. The van der Waals surface area contributed by atoms with Crippen molar-refractivity contribution < 1.29 is 73.4 Å². The van der Waals surface area contributed by atoms with Gasteiger partial charge in [0.25, 0.3) is 5.91 Å². The van der Waals surface area contributed by atoms with Crippen molar-refractivity contribution in [3.8, 4) is 5.75 Å². The number of para-hydroxylation sites is 1. The Bertz CT molecular complexity index is 1200. The van der Waals surface area contributed by atoms with Crippen LogP contribution >= 0.6 is 0 Å². The number of nitrogen functional groups attached to an aromatic ring is 1. The van der Waals surface area contributed by atoms with Crippen molar-refractivity contribution in [3.63, 3.8) is 0 Å². The Morgan fingerprint density at radius 1 is 0.886 bits per heavy atom. The van der Waals surface area contributed by atoms with E-state index < -0.39 is 11.9 Å². The SMILES string of the molecule is CCN(C(=O)c1ccc(C(=O)Oc2ccc(C(=N)N)cc2C(=O)OC)cc1)c1ccccc1.O.[Ac]. The fraction of sp³-hybridized carbons (Fsp3) is 0.120. The number of nitrogens with one attached hydrogen (secondary N) is 1. The fourth-order valence-corrected chi connectivity index (χ4v) is 3.17. The number of esters is 2. The second-order valence-corrected chi connectivity index (χ2v) is 6.97. The van der Waals surface area contributed by atoms with Gasteiger partial charge in [-0.3, -0.25) is 10.2 Å². The summed E-state index contributed by atoms with van der Waals surface area (Å²) in [5.41, 5.74) is 7.11. The third-order valence-electron chi connectivity index (χ3n) is 4.90. The standard InChI is InChI=1S/C25H23N3O5.Ac.H2O/c1-3-28(19-7-5-4-6-8-19)23(29)16-9-11-17(12-10-16)24(30)33-21-14-13-18(22(26)27)15-20(21)25(31)32-2;;/h4-15H,3H2,1-2H3,(H3,26,27);;1H2. The van der Waals surface area contributed by atoms with Gasteiger partial charge < -0.3 is 25.6 Å². The number of amidine groups is 1. The Balaban J connectivity index is 0.00000306. The molecule has 10 heteroatoms. The number of ether oxygens (including phenoxy) is 2. The molecule has 0 heterocycles. The number of methoxy groups -OCH3 is 1. The summed E-state index contributed by atoms with van der Waals surface area (Å²) >= 11 is 0. The number of nitrogens with zero attached hydrogens (tertiary/aromatic N) is 1. The van der Waals surface area contributed by atoms with Crippen LogP contribution in [0, 0.1) is 49.5 Å². The predicted molar refractivity (Wildman–Crippen MR) is 128 cm³/mol. The first kappa shape index (κ1) is 30.0. The van der Waals surface area contributed by atoms with E-state index in [0.717, 1.165) is 5.69 Å². The zero-order chi connectivity index (χ0) is 24.0. The number of hydrogen-bond acceptors (Lipinski definition) is 6. The van der Waals surface area contributed by atoms with Crippen LogP contribution in [0.25, 0.3) is 0 Å². The maximum atomic E-state index is 12.9. The maximum Gasteiger partial charge on any atom is 0.343 e. The molecule has 1 radical (unpaired) electrons. The van der Waals surface area contributed by atoms with E-state index >= 15 is 0 Å². The molecule has 0 bridgehead atoms. The van der Waals surface area contributed by atoms with Crippen LogP contribution in [0.1, 0.15) is 43.6 Å². The van der Waals surface area contributed by atoms with Crippen molar-refractivity contribution in [1.29, 1.82) is 5.41 Å². The zero-order valence-corrected chi connectivity index (χ0v) is 24.0. The third kappa shape index (κ3) is 7.21. The minimum atomic E-state index is -0.734. The van der Waals surface area contributed by atoms with Crippen molar-refractivity contribution in [2.24, 2.45) is 5.73 Å². The Morgan fingerprint density at radius 2 is 1.46 bits per heavy atom. The molecule has 0 aliphatic carbocycles. The monoisotopic (exact) mass is 690 g/mol. The van der Waals surface area contributed by atoms with Gasteiger partial charge in [0, 0.05) is 67.4 Å². The van der Waals surface area contributed by atoms with E-state index in [0.29, 0.717) is 12.1 Å². The van der Waals surface area contributed by atoms with E-state index in [1.165, 1.54) is 37.4 Å². The number of carbonyl (C=O) groups is 3. The molecule has 0 saturated heterocycles. The second-order valence-electron chi connectivity index (χ2n) is 6.97. The van der Waals surface area contributed by atoms with Crippen molar-refractivity contribution in [2.45, 2.75) is 6.92 Å². The summed E-state index contributed by atoms with van der Waals surface area (Å²) in [7, 11) is 1.19. The minimum absolute atomic E-state index is 0. The van der Waals surface area contributed by atoms with Gasteiger partial charge in [-0.2, -0.15) is 0 Å². The van der Waals surface area contributed by atoms with Gasteiger partial charge in [-0.05, 0) is 61.5 Å². The Hall–Kier alpha value is -3.06. The van der Waals surface area contributed by atoms with Crippen LogP contribution in [-0.2, 0) is 4.74 Å². The van der Waals surface area contributed by atoms with Crippen LogP contribution < -0.4 is 15.4 Å². The van der Waals surface area contributed by atoms with Crippen molar-refractivity contribution in [2.75, 3.05) is 18.6 Å². The molecular weight excluding hydrogens is 665 g/mol. The van der Waals surface area contributed by atoms with Gasteiger partial charge in [-0.15, -0.1) is 0 Å². The first-order valence-corrected chi connectivity index (χ1v) is 10.1. The number of anilines is 1.